The van der Waals surface area contributed by atoms with Crippen LogP contribution in [-0.4, -0.2) is 11.0 Å². The summed E-state index contributed by atoms with van der Waals surface area (Å²) in [6.07, 6.45) is 6.01. The topological polar surface area (TPSA) is 24.9 Å². The average molecular weight is 254 g/mol. The molecule has 2 unspecified atom stereocenters. The molecule has 1 aromatic heterocycles. The summed E-state index contributed by atoms with van der Waals surface area (Å²) < 4.78 is 0. The standard InChI is InChI=1S/C17H22N2/c1-12-6-5-7-13(2)17(12)19-15-10-14-8-3-4-9-16(14)18-11-15/h3-4,8-13,17,19H,5-7H2,1-2H3. The summed E-state index contributed by atoms with van der Waals surface area (Å²) in [6, 6.07) is 11.1. The van der Waals surface area contributed by atoms with Crippen LogP contribution in [0.15, 0.2) is 36.5 Å². The molecule has 1 aliphatic carbocycles. The van der Waals surface area contributed by atoms with E-state index in [2.05, 4.69) is 48.4 Å². The summed E-state index contributed by atoms with van der Waals surface area (Å²) in [5.74, 6) is 1.49. The van der Waals surface area contributed by atoms with Crippen molar-refractivity contribution in [3.63, 3.8) is 0 Å². The summed E-state index contributed by atoms with van der Waals surface area (Å²) in [7, 11) is 0. The van der Waals surface area contributed by atoms with Gasteiger partial charge in [0.2, 0.25) is 0 Å². The maximum atomic E-state index is 4.53. The zero-order chi connectivity index (χ0) is 13.2. The molecule has 1 saturated carbocycles. The van der Waals surface area contributed by atoms with Crippen molar-refractivity contribution >= 4 is 16.6 Å². The Bertz CT molecular complexity index is 554. The van der Waals surface area contributed by atoms with E-state index < -0.39 is 0 Å². The number of fused-ring (bicyclic) bond motifs is 1. The van der Waals surface area contributed by atoms with Crippen LogP contribution in [0.5, 0.6) is 0 Å². The van der Waals surface area contributed by atoms with Gasteiger partial charge in [0.1, 0.15) is 0 Å². The lowest BCUT2D eigenvalue weighted by Gasteiger charge is -2.35. The van der Waals surface area contributed by atoms with Crippen LogP contribution < -0.4 is 5.32 Å². The predicted octanol–water partition coefficient (Wildman–Crippen LogP) is 4.47. The molecule has 1 N–H and O–H groups in total. The summed E-state index contributed by atoms with van der Waals surface area (Å²) in [5.41, 5.74) is 2.22. The molecule has 3 rings (SSSR count). The van der Waals surface area contributed by atoms with Crippen LogP contribution in [0.4, 0.5) is 5.69 Å². The van der Waals surface area contributed by atoms with Gasteiger partial charge in [0.15, 0.2) is 0 Å². The molecule has 2 aromatic rings. The first-order valence-corrected chi connectivity index (χ1v) is 7.35. The third-order valence-electron chi connectivity index (χ3n) is 4.47. The molecular weight excluding hydrogens is 232 g/mol. The number of nitrogens with zero attached hydrogens (tertiary/aromatic N) is 1. The second kappa shape index (κ2) is 5.20. The van der Waals surface area contributed by atoms with Gasteiger partial charge < -0.3 is 5.32 Å². The van der Waals surface area contributed by atoms with E-state index >= 15 is 0 Å². The third-order valence-corrected chi connectivity index (χ3v) is 4.47. The Hall–Kier alpha value is -1.57. The number of benzene rings is 1. The Labute approximate surface area is 115 Å². The first kappa shape index (κ1) is 12.5. The summed E-state index contributed by atoms with van der Waals surface area (Å²) in [6.45, 7) is 4.73. The van der Waals surface area contributed by atoms with Gasteiger partial charge >= 0.3 is 0 Å². The van der Waals surface area contributed by atoms with E-state index in [4.69, 9.17) is 0 Å². The molecule has 0 aliphatic heterocycles. The van der Waals surface area contributed by atoms with Gasteiger partial charge in [0, 0.05) is 11.4 Å². The molecule has 100 valence electrons. The quantitative estimate of drug-likeness (QED) is 0.855. The maximum absolute atomic E-state index is 4.53. The van der Waals surface area contributed by atoms with Gasteiger partial charge in [0.05, 0.1) is 17.4 Å². The van der Waals surface area contributed by atoms with Gasteiger partial charge in [-0.1, -0.05) is 38.5 Å². The van der Waals surface area contributed by atoms with Gasteiger partial charge in [-0.25, -0.2) is 0 Å². The Morgan fingerprint density at radius 1 is 1.11 bits per heavy atom. The van der Waals surface area contributed by atoms with Crippen LogP contribution in [0.1, 0.15) is 33.1 Å². The summed E-state index contributed by atoms with van der Waals surface area (Å²) >= 11 is 0. The number of hydrogen-bond acceptors (Lipinski definition) is 2. The first-order chi connectivity index (χ1) is 9.24. The molecule has 2 nitrogen and oxygen atoms in total. The Morgan fingerprint density at radius 3 is 2.63 bits per heavy atom. The molecular formula is C17H22N2. The van der Waals surface area contributed by atoms with Crippen molar-refractivity contribution in [2.75, 3.05) is 5.32 Å². The molecule has 2 atom stereocenters. The van der Waals surface area contributed by atoms with Crippen LogP contribution >= 0.6 is 0 Å². The molecule has 0 saturated heterocycles. The highest BCUT2D eigenvalue weighted by molar-refractivity contribution is 5.81. The third kappa shape index (κ3) is 2.58. The molecule has 1 heterocycles. The Morgan fingerprint density at radius 2 is 1.84 bits per heavy atom. The van der Waals surface area contributed by atoms with Crippen molar-refractivity contribution in [3.8, 4) is 0 Å². The van der Waals surface area contributed by atoms with Crippen LogP contribution in [-0.2, 0) is 0 Å². The van der Waals surface area contributed by atoms with E-state index in [1.807, 2.05) is 12.3 Å². The van der Waals surface area contributed by atoms with Crippen LogP contribution in [0, 0.1) is 11.8 Å². The zero-order valence-electron chi connectivity index (χ0n) is 11.8. The molecule has 0 radical (unpaired) electrons. The molecule has 19 heavy (non-hydrogen) atoms. The van der Waals surface area contributed by atoms with Crippen molar-refractivity contribution in [1.82, 2.24) is 4.98 Å². The number of hydrogen-bond donors (Lipinski definition) is 1. The fourth-order valence-electron chi connectivity index (χ4n) is 3.31. The molecule has 0 bridgehead atoms. The SMILES string of the molecule is CC1CCCC(C)C1Nc1cnc2ccccc2c1. The maximum Gasteiger partial charge on any atom is 0.0703 e. The fourth-order valence-corrected chi connectivity index (χ4v) is 3.31. The van der Waals surface area contributed by atoms with Crippen LogP contribution in [0.3, 0.4) is 0 Å². The van der Waals surface area contributed by atoms with Gasteiger partial charge in [-0.3, -0.25) is 4.98 Å². The number of rotatable bonds is 2. The van der Waals surface area contributed by atoms with E-state index in [1.54, 1.807) is 0 Å². The van der Waals surface area contributed by atoms with Gasteiger partial charge in [-0.2, -0.15) is 0 Å². The highest BCUT2D eigenvalue weighted by Gasteiger charge is 2.27. The van der Waals surface area contributed by atoms with Crippen molar-refractivity contribution in [1.29, 1.82) is 0 Å². The van der Waals surface area contributed by atoms with E-state index in [0.29, 0.717) is 6.04 Å². The van der Waals surface area contributed by atoms with Crippen molar-refractivity contribution < 1.29 is 0 Å². The van der Waals surface area contributed by atoms with Crippen LogP contribution in [0.2, 0.25) is 0 Å². The summed E-state index contributed by atoms with van der Waals surface area (Å²) in [5, 5.41) is 4.92. The monoisotopic (exact) mass is 254 g/mol. The van der Waals surface area contributed by atoms with Crippen molar-refractivity contribution in [2.24, 2.45) is 11.8 Å². The minimum Gasteiger partial charge on any atom is -0.381 e. The van der Waals surface area contributed by atoms with E-state index in [1.165, 1.54) is 24.6 Å². The minimum absolute atomic E-state index is 0.580. The summed E-state index contributed by atoms with van der Waals surface area (Å²) in [4.78, 5) is 4.53. The van der Waals surface area contributed by atoms with Crippen LogP contribution in [0.25, 0.3) is 10.9 Å². The number of anilines is 1. The predicted molar refractivity (Wildman–Crippen MR) is 81.3 cm³/mol. The zero-order valence-corrected chi connectivity index (χ0v) is 11.8. The highest BCUT2D eigenvalue weighted by atomic mass is 14.9. The Balaban J connectivity index is 1.84. The lowest BCUT2D eigenvalue weighted by molar-refractivity contribution is 0.268. The number of pyridine rings is 1. The number of para-hydroxylation sites is 1. The van der Waals surface area contributed by atoms with Gasteiger partial charge in [-0.05, 0) is 36.8 Å². The highest BCUT2D eigenvalue weighted by Crippen LogP contribution is 2.31. The average Bonchev–Trinajstić information content (AvgIpc) is 2.43. The first-order valence-electron chi connectivity index (χ1n) is 7.35. The number of aromatic nitrogens is 1. The van der Waals surface area contributed by atoms with Gasteiger partial charge in [0.25, 0.3) is 0 Å². The smallest absolute Gasteiger partial charge is 0.0703 e. The lowest BCUT2D eigenvalue weighted by atomic mass is 9.78. The molecule has 0 spiro atoms. The lowest BCUT2D eigenvalue weighted by Crippen LogP contribution is -2.37. The van der Waals surface area contributed by atoms with Crippen molar-refractivity contribution in [2.45, 2.75) is 39.2 Å². The van der Waals surface area contributed by atoms with E-state index in [0.717, 1.165) is 23.0 Å². The molecule has 1 aromatic carbocycles. The second-order valence-corrected chi connectivity index (χ2v) is 5.97. The Kier molecular flexibility index (Phi) is 3.41. The minimum atomic E-state index is 0.580. The van der Waals surface area contributed by atoms with E-state index in [9.17, 15) is 0 Å². The number of nitrogens with one attached hydrogen (secondary N) is 1. The molecule has 1 fully saturated rings. The fraction of sp³-hybridized carbons (Fsp3) is 0.471. The largest absolute Gasteiger partial charge is 0.381 e. The van der Waals surface area contributed by atoms with E-state index in [-0.39, 0.29) is 0 Å². The normalized spacial score (nSPS) is 27.4. The van der Waals surface area contributed by atoms with Gasteiger partial charge in [-0.15, -0.1) is 0 Å². The second-order valence-electron chi connectivity index (χ2n) is 5.97. The molecule has 1 aliphatic rings. The van der Waals surface area contributed by atoms with Crippen molar-refractivity contribution in [3.05, 3.63) is 36.5 Å². The molecule has 2 heteroatoms. The molecule has 0 amide bonds.